The van der Waals surface area contributed by atoms with Gasteiger partial charge in [0, 0.05) is 25.6 Å². The van der Waals surface area contributed by atoms with Crippen LogP contribution in [-0.4, -0.2) is 26.4 Å². The fourth-order valence-corrected chi connectivity index (χ4v) is 4.89. The Kier molecular flexibility index (Phi) is 4.81. The van der Waals surface area contributed by atoms with Gasteiger partial charge in [-0.2, -0.15) is 0 Å². The molecule has 0 atom stereocenters. The van der Waals surface area contributed by atoms with E-state index in [9.17, 15) is 17.6 Å². The van der Waals surface area contributed by atoms with Crippen LogP contribution < -0.4 is 4.90 Å². The number of nitrogens with zero attached hydrogens (tertiary/aromatic N) is 2. The highest BCUT2D eigenvalue weighted by atomic mass is 35.5. The van der Waals surface area contributed by atoms with E-state index in [4.69, 9.17) is 23.2 Å². The number of pyridine rings is 1. The third-order valence-electron chi connectivity index (χ3n) is 3.94. The largest absolute Gasteiger partial charge is 0.313 e. The highest BCUT2D eigenvalue weighted by Crippen LogP contribution is 2.42. The normalized spacial score (nSPS) is 15.2. The van der Waals surface area contributed by atoms with Gasteiger partial charge in [-0.15, -0.1) is 0 Å². The molecule has 3 rings (SSSR count). The molecular weight excluding hydrogens is 402 g/mol. The van der Waals surface area contributed by atoms with Crippen LogP contribution in [0.5, 0.6) is 0 Å². The maximum Gasteiger partial charge on any atom is 0.223 e. The van der Waals surface area contributed by atoms with Crippen molar-refractivity contribution in [2.24, 2.45) is 0 Å². The number of sulfone groups is 1. The molecule has 135 valence electrons. The van der Waals surface area contributed by atoms with Crippen molar-refractivity contribution in [3.63, 3.8) is 0 Å². The lowest BCUT2D eigenvalue weighted by Crippen LogP contribution is -2.24. The summed E-state index contributed by atoms with van der Waals surface area (Å²) < 4.78 is 38.7. The zero-order valence-corrected chi connectivity index (χ0v) is 16.0. The molecular formula is C17H12Cl2FN2O3S. The molecule has 9 heteroatoms. The molecule has 1 aliphatic heterocycles. The van der Waals surface area contributed by atoms with Crippen molar-refractivity contribution in [2.45, 2.75) is 12.7 Å². The van der Waals surface area contributed by atoms with E-state index in [0.29, 0.717) is 0 Å². The van der Waals surface area contributed by atoms with Gasteiger partial charge in [-0.25, -0.2) is 12.8 Å². The molecule has 1 aliphatic rings. The topological polar surface area (TPSA) is 67.3 Å². The Bertz CT molecular complexity index is 1070. The van der Waals surface area contributed by atoms with Crippen LogP contribution in [0.2, 0.25) is 10.0 Å². The van der Waals surface area contributed by atoms with Gasteiger partial charge < -0.3 is 4.90 Å². The first-order valence-electron chi connectivity index (χ1n) is 7.35. The van der Waals surface area contributed by atoms with Crippen molar-refractivity contribution in [3.8, 4) is 0 Å². The zero-order chi connectivity index (χ0) is 19.2. The molecule has 26 heavy (non-hydrogen) atoms. The number of halogens is 3. The summed E-state index contributed by atoms with van der Waals surface area (Å²) in [5, 5.41) is 0.206. The smallest absolute Gasteiger partial charge is 0.223 e. The number of amides is 1. The minimum Gasteiger partial charge on any atom is -0.313 e. The van der Waals surface area contributed by atoms with Gasteiger partial charge in [0.25, 0.3) is 0 Å². The van der Waals surface area contributed by atoms with Crippen molar-refractivity contribution >= 4 is 49.5 Å². The van der Waals surface area contributed by atoms with E-state index in [2.05, 4.69) is 11.1 Å². The van der Waals surface area contributed by atoms with Crippen LogP contribution in [0.15, 0.2) is 24.4 Å². The summed E-state index contributed by atoms with van der Waals surface area (Å²) >= 11 is 12.5. The van der Waals surface area contributed by atoms with Crippen LogP contribution >= 0.6 is 23.2 Å². The third kappa shape index (κ3) is 3.22. The van der Waals surface area contributed by atoms with E-state index < -0.39 is 21.4 Å². The van der Waals surface area contributed by atoms with Gasteiger partial charge in [0.2, 0.25) is 5.91 Å². The predicted octanol–water partition coefficient (Wildman–Crippen LogP) is 3.63. The number of fused-ring (bicyclic) bond motifs is 1. The fourth-order valence-electron chi connectivity index (χ4n) is 2.58. The number of carbonyl (C=O) groups is 1. The molecule has 0 bridgehead atoms. The van der Waals surface area contributed by atoms with Crippen molar-refractivity contribution in [3.05, 3.63) is 63.2 Å². The molecule has 0 unspecified atom stereocenters. The number of hydrogen-bond acceptors (Lipinski definition) is 4. The van der Waals surface area contributed by atoms with Crippen molar-refractivity contribution in [1.29, 1.82) is 0 Å². The van der Waals surface area contributed by atoms with Gasteiger partial charge in [-0.1, -0.05) is 29.3 Å². The second kappa shape index (κ2) is 6.64. The summed E-state index contributed by atoms with van der Waals surface area (Å²) in [6.45, 7) is 1.33. The summed E-state index contributed by atoms with van der Waals surface area (Å²) in [6, 6.07) is 4.01. The molecule has 0 saturated carbocycles. The summed E-state index contributed by atoms with van der Waals surface area (Å²) in [5.41, 5.74) is 0.792. The molecule has 0 aliphatic carbocycles. The Morgan fingerprint density at radius 2 is 2.04 bits per heavy atom. The molecule has 0 saturated heterocycles. The molecule has 1 aromatic heterocycles. The summed E-state index contributed by atoms with van der Waals surface area (Å²) in [5.74, 6) is -1.37. The van der Waals surface area contributed by atoms with Crippen LogP contribution in [0.3, 0.4) is 0 Å². The molecule has 2 aromatic rings. The second-order valence-electron chi connectivity index (χ2n) is 5.71. The molecule has 5 nitrogen and oxygen atoms in total. The molecule has 0 fully saturated rings. The van der Waals surface area contributed by atoms with Gasteiger partial charge in [0.15, 0.2) is 9.84 Å². The van der Waals surface area contributed by atoms with Crippen LogP contribution in [0.4, 0.5) is 10.1 Å². The summed E-state index contributed by atoms with van der Waals surface area (Å²) in [4.78, 5) is 16.6. The second-order valence-corrected chi connectivity index (χ2v) is 8.42. The van der Waals surface area contributed by atoms with Gasteiger partial charge in [-0.05, 0) is 17.7 Å². The number of anilines is 1. The number of rotatable bonds is 2. The van der Waals surface area contributed by atoms with E-state index in [1.54, 1.807) is 0 Å². The number of aromatic nitrogens is 1. The Morgan fingerprint density at radius 3 is 2.69 bits per heavy atom. The standard InChI is InChI=1S/C17H12Cl2FN2O3S/c1-9(23)22(2)17-13(18)4-3-12(16(17)19)15-6-14-10(8-26(15,24)25)5-11(20)7-21-14/h3-5,7H,8H2,1-2H3. The molecule has 0 N–H and O–H groups in total. The fraction of sp³-hybridized carbons (Fsp3) is 0.176. The quantitative estimate of drug-likeness (QED) is 0.753. The van der Waals surface area contributed by atoms with E-state index in [0.717, 1.165) is 12.3 Å². The Balaban J connectivity index is 2.24. The number of carbonyl (C=O) groups excluding carboxylic acids is 1. The van der Waals surface area contributed by atoms with Crippen molar-refractivity contribution in [2.75, 3.05) is 11.9 Å². The van der Waals surface area contributed by atoms with Crippen LogP contribution in [0.25, 0.3) is 4.91 Å². The number of hydrogen-bond donors (Lipinski definition) is 0. The van der Waals surface area contributed by atoms with E-state index >= 15 is 0 Å². The van der Waals surface area contributed by atoms with Crippen LogP contribution in [-0.2, 0) is 20.4 Å². The van der Waals surface area contributed by atoms with E-state index in [1.807, 2.05) is 0 Å². The minimum atomic E-state index is -3.84. The average Bonchev–Trinajstić information content (AvgIpc) is 2.54. The lowest BCUT2D eigenvalue weighted by Gasteiger charge is -2.22. The highest BCUT2D eigenvalue weighted by molar-refractivity contribution is 7.99. The van der Waals surface area contributed by atoms with E-state index in [1.165, 1.54) is 31.0 Å². The predicted molar refractivity (Wildman–Crippen MR) is 98.1 cm³/mol. The Labute approximate surface area is 160 Å². The average molecular weight is 414 g/mol. The van der Waals surface area contributed by atoms with Crippen LogP contribution in [0, 0.1) is 11.9 Å². The minimum absolute atomic E-state index is 0.00633. The highest BCUT2D eigenvalue weighted by Gasteiger charge is 2.31. The maximum atomic E-state index is 13.3. The Morgan fingerprint density at radius 1 is 1.35 bits per heavy atom. The van der Waals surface area contributed by atoms with Crippen molar-refractivity contribution < 1.29 is 17.6 Å². The van der Waals surface area contributed by atoms with Gasteiger partial charge in [-0.3, -0.25) is 9.78 Å². The first-order chi connectivity index (χ1) is 12.1. The molecule has 1 aromatic carbocycles. The van der Waals surface area contributed by atoms with Crippen molar-refractivity contribution in [1.82, 2.24) is 4.98 Å². The Hall–Kier alpha value is -1.96. The summed E-state index contributed by atoms with van der Waals surface area (Å²) in [6.07, 6.45) is 3.69. The lowest BCUT2D eigenvalue weighted by molar-refractivity contribution is -0.116. The SMILES string of the molecule is CC(=O)N(C)c1c(Cl)ccc(C2=[C]c3ncc(F)cc3CS2(=O)=O)c1Cl. The van der Waals surface area contributed by atoms with Crippen LogP contribution in [0.1, 0.15) is 23.7 Å². The molecule has 1 radical (unpaired) electrons. The molecule has 0 spiro atoms. The third-order valence-corrected chi connectivity index (χ3v) is 6.26. The van der Waals surface area contributed by atoms with Gasteiger partial charge >= 0.3 is 0 Å². The molecule has 1 amide bonds. The summed E-state index contributed by atoms with van der Waals surface area (Å²) in [7, 11) is -2.36. The first kappa shape index (κ1) is 18.8. The number of benzene rings is 1. The zero-order valence-electron chi connectivity index (χ0n) is 13.7. The molecule has 2 heterocycles. The maximum absolute atomic E-state index is 13.3. The van der Waals surface area contributed by atoms with Gasteiger partial charge in [0.1, 0.15) is 5.82 Å². The van der Waals surface area contributed by atoms with Gasteiger partial charge in [0.05, 0.1) is 38.3 Å². The van der Waals surface area contributed by atoms with E-state index in [-0.39, 0.29) is 43.4 Å². The first-order valence-corrected chi connectivity index (χ1v) is 9.76. The lowest BCUT2D eigenvalue weighted by atomic mass is 10.1. The monoisotopic (exact) mass is 413 g/mol.